The first kappa shape index (κ1) is 19.1. The van der Waals surface area contributed by atoms with Crippen LogP contribution in [0, 0.1) is 17.0 Å². The third-order valence-corrected chi connectivity index (χ3v) is 5.14. The number of non-ortho nitro benzene ring substituents is 1. The lowest BCUT2D eigenvalue weighted by molar-refractivity contribution is -0.384. The van der Waals surface area contributed by atoms with Gasteiger partial charge in [-0.15, -0.1) is 0 Å². The maximum atomic E-state index is 11.0. The topological polar surface area (TPSA) is 64.2 Å². The predicted octanol–water partition coefficient (Wildman–Crippen LogP) is 4.94. The molecule has 7 heteroatoms. The van der Waals surface area contributed by atoms with Gasteiger partial charge in [-0.1, -0.05) is 41.9 Å². The standard InChI is InChI=1S/C20H21ClN4O2/c1-14-19(20(21)24(22-14)17-9-5-4-6-10-17)13-23(3)15(2)16-8-7-11-18(12-16)25(26)27/h4-12,15H,13H2,1-3H3. The minimum Gasteiger partial charge on any atom is -0.295 e. The van der Waals surface area contributed by atoms with Crippen molar-refractivity contribution in [3.05, 3.63) is 86.7 Å². The third kappa shape index (κ3) is 4.02. The number of nitro groups is 1. The van der Waals surface area contributed by atoms with E-state index in [-0.39, 0.29) is 16.7 Å². The number of aromatic nitrogens is 2. The van der Waals surface area contributed by atoms with Gasteiger partial charge >= 0.3 is 0 Å². The average Bonchev–Trinajstić information content (AvgIpc) is 2.96. The number of aryl methyl sites for hydroxylation is 1. The highest BCUT2D eigenvalue weighted by Gasteiger charge is 2.20. The molecular weight excluding hydrogens is 364 g/mol. The molecule has 0 bridgehead atoms. The molecule has 0 N–H and O–H groups in total. The van der Waals surface area contributed by atoms with E-state index < -0.39 is 0 Å². The smallest absolute Gasteiger partial charge is 0.269 e. The Labute approximate surface area is 163 Å². The molecule has 0 aliphatic heterocycles. The Kier molecular flexibility index (Phi) is 5.58. The Morgan fingerprint density at radius 3 is 2.59 bits per heavy atom. The summed E-state index contributed by atoms with van der Waals surface area (Å²) in [5.74, 6) is 0. The van der Waals surface area contributed by atoms with Gasteiger partial charge in [-0.25, -0.2) is 4.68 Å². The van der Waals surface area contributed by atoms with E-state index in [1.54, 1.807) is 16.8 Å². The molecule has 3 rings (SSSR count). The van der Waals surface area contributed by atoms with Crippen LogP contribution in [0.5, 0.6) is 0 Å². The normalized spacial score (nSPS) is 12.3. The summed E-state index contributed by atoms with van der Waals surface area (Å²) in [6, 6.07) is 16.5. The van der Waals surface area contributed by atoms with Crippen LogP contribution in [-0.2, 0) is 6.54 Å². The minimum atomic E-state index is -0.374. The van der Waals surface area contributed by atoms with E-state index in [9.17, 15) is 10.1 Å². The largest absolute Gasteiger partial charge is 0.295 e. The monoisotopic (exact) mass is 384 g/mol. The Balaban J connectivity index is 1.84. The van der Waals surface area contributed by atoms with Crippen molar-refractivity contribution in [2.75, 3.05) is 7.05 Å². The molecule has 0 amide bonds. The first-order chi connectivity index (χ1) is 12.9. The second-order valence-electron chi connectivity index (χ2n) is 6.55. The van der Waals surface area contributed by atoms with E-state index in [1.807, 2.05) is 57.3 Å². The van der Waals surface area contributed by atoms with Crippen LogP contribution >= 0.6 is 11.6 Å². The second kappa shape index (κ2) is 7.90. The zero-order valence-electron chi connectivity index (χ0n) is 15.5. The van der Waals surface area contributed by atoms with Gasteiger partial charge in [-0.05, 0) is 38.6 Å². The Morgan fingerprint density at radius 2 is 1.93 bits per heavy atom. The van der Waals surface area contributed by atoms with Crippen LogP contribution in [-0.4, -0.2) is 26.7 Å². The molecule has 0 spiro atoms. The van der Waals surface area contributed by atoms with Crippen molar-refractivity contribution in [1.82, 2.24) is 14.7 Å². The Hall–Kier alpha value is -2.70. The summed E-state index contributed by atoms with van der Waals surface area (Å²) in [4.78, 5) is 12.8. The highest BCUT2D eigenvalue weighted by molar-refractivity contribution is 6.30. The molecule has 0 radical (unpaired) electrons. The van der Waals surface area contributed by atoms with E-state index in [2.05, 4.69) is 10.00 Å². The summed E-state index contributed by atoms with van der Waals surface area (Å²) in [5.41, 5.74) is 3.70. The fraction of sp³-hybridized carbons (Fsp3) is 0.250. The molecule has 3 aromatic rings. The highest BCUT2D eigenvalue weighted by atomic mass is 35.5. The molecule has 0 saturated heterocycles. The lowest BCUT2D eigenvalue weighted by atomic mass is 10.1. The molecule has 0 aliphatic carbocycles. The molecule has 140 valence electrons. The number of para-hydroxylation sites is 1. The molecule has 6 nitrogen and oxygen atoms in total. The van der Waals surface area contributed by atoms with Gasteiger partial charge in [0.15, 0.2) is 0 Å². The molecule has 1 unspecified atom stereocenters. The molecular formula is C20H21ClN4O2. The molecule has 0 aliphatic rings. The van der Waals surface area contributed by atoms with Gasteiger partial charge in [-0.3, -0.25) is 15.0 Å². The van der Waals surface area contributed by atoms with Gasteiger partial charge in [0.2, 0.25) is 0 Å². The third-order valence-electron chi connectivity index (χ3n) is 4.75. The van der Waals surface area contributed by atoms with Crippen LogP contribution in [0.2, 0.25) is 5.15 Å². The molecule has 2 aromatic carbocycles. The molecule has 1 atom stereocenters. The van der Waals surface area contributed by atoms with Crippen LogP contribution in [0.1, 0.15) is 29.8 Å². The lowest BCUT2D eigenvalue weighted by Gasteiger charge is -2.25. The number of nitrogens with zero attached hydrogens (tertiary/aromatic N) is 4. The maximum Gasteiger partial charge on any atom is 0.269 e. The molecule has 1 aromatic heterocycles. The predicted molar refractivity (Wildman–Crippen MR) is 106 cm³/mol. The van der Waals surface area contributed by atoms with Crippen molar-refractivity contribution in [2.24, 2.45) is 0 Å². The molecule has 0 fully saturated rings. The van der Waals surface area contributed by atoms with Crippen molar-refractivity contribution in [3.8, 4) is 5.69 Å². The number of hydrogen-bond donors (Lipinski definition) is 0. The van der Waals surface area contributed by atoms with E-state index in [0.29, 0.717) is 11.7 Å². The minimum absolute atomic E-state index is 0.0135. The second-order valence-corrected chi connectivity index (χ2v) is 6.90. The fourth-order valence-corrected chi connectivity index (χ4v) is 3.32. The van der Waals surface area contributed by atoms with Crippen molar-refractivity contribution >= 4 is 17.3 Å². The quantitative estimate of drug-likeness (QED) is 0.446. The average molecular weight is 385 g/mol. The summed E-state index contributed by atoms with van der Waals surface area (Å²) in [6.07, 6.45) is 0. The van der Waals surface area contributed by atoms with Gasteiger partial charge in [-0.2, -0.15) is 5.10 Å². The van der Waals surface area contributed by atoms with Crippen molar-refractivity contribution in [3.63, 3.8) is 0 Å². The zero-order chi connectivity index (χ0) is 19.6. The number of rotatable bonds is 6. The number of nitro benzene ring substituents is 1. The molecule has 1 heterocycles. The first-order valence-corrected chi connectivity index (χ1v) is 9.00. The van der Waals surface area contributed by atoms with E-state index in [4.69, 9.17) is 11.6 Å². The van der Waals surface area contributed by atoms with Gasteiger partial charge in [0.25, 0.3) is 5.69 Å². The van der Waals surface area contributed by atoms with Gasteiger partial charge < -0.3 is 0 Å². The lowest BCUT2D eigenvalue weighted by Crippen LogP contribution is -2.22. The maximum absolute atomic E-state index is 11.0. The van der Waals surface area contributed by atoms with E-state index >= 15 is 0 Å². The Morgan fingerprint density at radius 1 is 1.22 bits per heavy atom. The number of benzene rings is 2. The molecule has 27 heavy (non-hydrogen) atoms. The van der Waals surface area contributed by atoms with Crippen molar-refractivity contribution in [1.29, 1.82) is 0 Å². The van der Waals surface area contributed by atoms with Gasteiger partial charge in [0.05, 0.1) is 16.3 Å². The highest BCUT2D eigenvalue weighted by Crippen LogP contribution is 2.28. The number of hydrogen-bond acceptors (Lipinski definition) is 4. The summed E-state index contributed by atoms with van der Waals surface area (Å²) in [7, 11) is 1.97. The van der Waals surface area contributed by atoms with Crippen LogP contribution in [0.25, 0.3) is 5.69 Å². The Bertz CT molecular complexity index is 956. The summed E-state index contributed by atoms with van der Waals surface area (Å²) >= 11 is 6.61. The fourth-order valence-electron chi connectivity index (χ4n) is 2.99. The van der Waals surface area contributed by atoms with Crippen molar-refractivity contribution in [2.45, 2.75) is 26.4 Å². The molecule has 0 saturated carbocycles. The first-order valence-electron chi connectivity index (χ1n) is 8.62. The van der Waals surface area contributed by atoms with Crippen LogP contribution in [0.3, 0.4) is 0 Å². The zero-order valence-corrected chi connectivity index (χ0v) is 16.2. The summed E-state index contributed by atoms with van der Waals surface area (Å²) in [6.45, 7) is 4.54. The van der Waals surface area contributed by atoms with Crippen LogP contribution in [0.4, 0.5) is 5.69 Å². The summed E-state index contributed by atoms with van der Waals surface area (Å²) in [5, 5.41) is 16.2. The number of halogens is 1. The van der Waals surface area contributed by atoms with Gasteiger partial charge in [0.1, 0.15) is 5.15 Å². The van der Waals surface area contributed by atoms with Crippen LogP contribution < -0.4 is 0 Å². The van der Waals surface area contributed by atoms with Crippen molar-refractivity contribution < 1.29 is 4.92 Å². The van der Waals surface area contributed by atoms with Gasteiger partial charge in [0, 0.05) is 30.3 Å². The van der Waals surface area contributed by atoms with Crippen LogP contribution in [0.15, 0.2) is 54.6 Å². The SMILES string of the molecule is Cc1nn(-c2ccccc2)c(Cl)c1CN(C)C(C)c1cccc([N+](=O)[O-])c1. The summed E-state index contributed by atoms with van der Waals surface area (Å²) < 4.78 is 1.73. The van der Waals surface area contributed by atoms with E-state index in [0.717, 1.165) is 22.5 Å². The van der Waals surface area contributed by atoms with E-state index in [1.165, 1.54) is 6.07 Å².